The van der Waals surface area contributed by atoms with Crippen LogP contribution < -0.4 is 5.32 Å². The van der Waals surface area contributed by atoms with Gasteiger partial charge in [-0.05, 0) is 31.0 Å². The highest BCUT2D eigenvalue weighted by Gasteiger charge is 2.15. The second kappa shape index (κ2) is 5.80. The van der Waals surface area contributed by atoms with Gasteiger partial charge in [0.25, 0.3) is 0 Å². The summed E-state index contributed by atoms with van der Waals surface area (Å²) in [7, 11) is 0. The maximum atomic E-state index is 11.9. The molecule has 1 atom stereocenters. The van der Waals surface area contributed by atoms with Crippen LogP contribution in [0.2, 0.25) is 0 Å². The molecular formula is C13H15BrN2OS. The quantitative estimate of drug-likeness (QED) is 0.859. The lowest BCUT2D eigenvalue weighted by molar-refractivity contribution is -0.115. The molecule has 0 radical (unpaired) electrons. The fourth-order valence-electron chi connectivity index (χ4n) is 1.65. The zero-order valence-electron chi connectivity index (χ0n) is 10.4. The Morgan fingerprint density at radius 3 is 3.06 bits per heavy atom. The third kappa shape index (κ3) is 3.09. The van der Waals surface area contributed by atoms with Gasteiger partial charge in [-0.3, -0.25) is 4.79 Å². The Bertz CT molecular complexity index is 567. The number of carbonyl (C=O) groups excluding carboxylic acids is 1. The summed E-state index contributed by atoms with van der Waals surface area (Å²) in [4.78, 5) is 16.1. The van der Waals surface area contributed by atoms with Crippen molar-refractivity contribution < 1.29 is 4.79 Å². The smallest absolute Gasteiger partial charge is 0.239 e. The maximum Gasteiger partial charge on any atom is 0.239 e. The Kier molecular flexibility index (Phi) is 4.35. The lowest BCUT2D eigenvalue weighted by atomic mass is 10.2. The number of anilines is 1. The van der Waals surface area contributed by atoms with Crippen LogP contribution in [0, 0.1) is 6.92 Å². The van der Waals surface area contributed by atoms with E-state index in [9.17, 15) is 4.79 Å². The van der Waals surface area contributed by atoms with Crippen molar-refractivity contribution in [2.75, 3.05) is 5.32 Å². The van der Waals surface area contributed by atoms with Crippen LogP contribution >= 0.6 is 27.3 Å². The van der Waals surface area contributed by atoms with Gasteiger partial charge in [-0.2, -0.15) is 0 Å². The summed E-state index contributed by atoms with van der Waals surface area (Å²) < 4.78 is 1.10. The second-order valence-electron chi connectivity index (χ2n) is 4.24. The molecule has 1 aromatic heterocycles. The highest BCUT2D eigenvalue weighted by atomic mass is 79.9. The number of halogens is 1. The molecule has 0 saturated heterocycles. The molecule has 96 valence electrons. The Hall–Kier alpha value is -0.940. The summed E-state index contributed by atoms with van der Waals surface area (Å²) in [5.41, 5.74) is 2.14. The summed E-state index contributed by atoms with van der Waals surface area (Å²) in [6, 6.07) is 6.09. The Morgan fingerprint density at radius 1 is 1.56 bits per heavy atom. The molecule has 1 heterocycles. The fourth-order valence-corrected chi connectivity index (χ4v) is 3.19. The summed E-state index contributed by atoms with van der Waals surface area (Å²) in [6.45, 7) is 4.11. The van der Waals surface area contributed by atoms with E-state index in [-0.39, 0.29) is 10.7 Å². The van der Waals surface area contributed by atoms with Gasteiger partial charge in [0.2, 0.25) is 5.91 Å². The number of benzene rings is 1. The topological polar surface area (TPSA) is 42.0 Å². The molecule has 0 fully saturated rings. The zero-order valence-corrected chi connectivity index (χ0v) is 12.8. The normalized spacial score (nSPS) is 12.6. The molecule has 2 aromatic rings. The number of amides is 1. The minimum atomic E-state index is -0.142. The maximum absolute atomic E-state index is 11.9. The first-order valence-corrected chi connectivity index (χ1v) is 7.65. The van der Waals surface area contributed by atoms with Crippen LogP contribution in [0.25, 0.3) is 10.2 Å². The third-order valence-corrected chi connectivity index (χ3v) is 4.41. The number of carbonyl (C=O) groups is 1. The van der Waals surface area contributed by atoms with Crippen molar-refractivity contribution in [3.63, 3.8) is 0 Å². The first-order chi connectivity index (χ1) is 8.60. The molecule has 0 saturated carbocycles. The SMILES string of the molecule is CCCC(Br)C(=O)Nc1nc2ccc(C)cc2s1. The summed E-state index contributed by atoms with van der Waals surface area (Å²) >= 11 is 4.89. The fraction of sp³-hybridized carbons (Fsp3) is 0.385. The lowest BCUT2D eigenvalue weighted by Gasteiger charge is -2.06. The Labute approximate surface area is 119 Å². The molecule has 3 nitrogen and oxygen atoms in total. The standard InChI is InChI=1S/C13H15BrN2OS/c1-3-4-9(14)12(17)16-13-15-10-6-5-8(2)7-11(10)18-13/h5-7,9H,3-4H2,1-2H3,(H,15,16,17). The zero-order chi connectivity index (χ0) is 13.1. The number of rotatable bonds is 4. The van der Waals surface area contributed by atoms with Crippen LogP contribution in [0.4, 0.5) is 5.13 Å². The van der Waals surface area contributed by atoms with Crippen LogP contribution in [-0.2, 0) is 4.79 Å². The van der Waals surface area contributed by atoms with Gasteiger partial charge in [0.05, 0.1) is 15.0 Å². The van der Waals surface area contributed by atoms with Crippen LogP contribution in [0.15, 0.2) is 18.2 Å². The van der Waals surface area contributed by atoms with Gasteiger partial charge in [0, 0.05) is 0 Å². The molecule has 2 rings (SSSR count). The van der Waals surface area contributed by atoms with Crippen molar-refractivity contribution in [3.05, 3.63) is 23.8 Å². The van der Waals surface area contributed by atoms with Crippen LogP contribution in [0.5, 0.6) is 0 Å². The Balaban J connectivity index is 2.14. The predicted octanol–water partition coefficient (Wildman–Crippen LogP) is 4.11. The van der Waals surface area contributed by atoms with E-state index in [4.69, 9.17) is 0 Å². The number of fused-ring (bicyclic) bond motifs is 1. The number of thiazole rings is 1. The van der Waals surface area contributed by atoms with Crippen molar-refractivity contribution >= 4 is 48.5 Å². The van der Waals surface area contributed by atoms with E-state index in [1.807, 2.05) is 19.1 Å². The third-order valence-electron chi connectivity index (χ3n) is 2.60. The van der Waals surface area contributed by atoms with Crippen molar-refractivity contribution in [2.24, 2.45) is 0 Å². The number of aryl methyl sites for hydroxylation is 1. The van der Waals surface area contributed by atoms with Crippen LogP contribution in [0.3, 0.4) is 0 Å². The molecule has 1 unspecified atom stereocenters. The predicted molar refractivity (Wildman–Crippen MR) is 80.6 cm³/mol. The molecular weight excluding hydrogens is 312 g/mol. The highest BCUT2D eigenvalue weighted by Crippen LogP contribution is 2.27. The lowest BCUT2D eigenvalue weighted by Crippen LogP contribution is -2.22. The van der Waals surface area contributed by atoms with E-state index >= 15 is 0 Å². The molecule has 0 aliphatic heterocycles. The monoisotopic (exact) mass is 326 g/mol. The van der Waals surface area contributed by atoms with Gasteiger partial charge < -0.3 is 5.32 Å². The molecule has 1 N–H and O–H groups in total. The summed E-state index contributed by atoms with van der Waals surface area (Å²) in [5.74, 6) is -0.0207. The first-order valence-electron chi connectivity index (χ1n) is 5.92. The summed E-state index contributed by atoms with van der Waals surface area (Å²) in [6.07, 6.45) is 1.80. The summed E-state index contributed by atoms with van der Waals surface area (Å²) in [5, 5.41) is 3.52. The number of hydrogen-bond acceptors (Lipinski definition) is 3. The number of nitrogens with one attached hydrogen (secondary N) is 1. The van der Waals surface area contributed by atoms with E-state index < -0.39 is 0 Å². The first kappa shape index (κ1) is 13.5. The van der Waals surface area contributed by atoms with Gasteiger partial charge in [0.15, 0.2) is 5.13 Å². The van der Waals surface area contributed by atoms with Gasteiger partial charge in [-0.15, -0.1) is 0 Å². The Morgan fingerprint density at radius 2 is 2.33 bits per heavy atom. The number of alkyl halides is 1. The highest BCUT2D eigenvalue weighted by molar-refractivity contribution is 9.10. The van der Waals surface area contributed by atoms with Crippen molar-refractivity contribution in [2.45, 2.75) is 31.5 Å². The second-order valence-corrected chi connectivity index (χ2v) is 6.37. The van der Waals surface area contributed by atoms with Gasteiger partial charge in [0.1, 0.15) is 0 Å². The van der Waals surface area contributed by atoms with E-state index in [0.717, 1.165) is 23.1 Å². The van der Waals surface area contributed by atoms with Crippen molar-refractivity contribution in [1.29, 1.82) is 0 Å². The molecule has 0 spiro atoms. The molecule has 18 heavy (non-hydrogen) atoms. The molecule has 0 aliphatic carbocycles. The number of nitrogens with zero attached hydrogens (tertiary/aromatic N) is 1. The van der Waals surface area contributed by atoms with E-state index in [1.54, 1.807) is 0 Å². The molecule has 0 bridgehead atoms. The molecule has 5 heteroatoms. The molecule has 1 aromatic carbocycles. The minimum absolute atomic E-state index is 0.0207. The van der Waals surface area contributed by atoms with Crippen LogP contribution in [0.1, 0.15) is 25.3 Å². The van der Waals surface area contributed by atoms with Crippen molar-refractivity contribution in [1.82, 2.24) is 4.98 Å². The average molecular weight is 327 g/mol. The average Bonchev–Trinajstić information content (AvgIpc) is 2.70. The van der Waals surface area contributed by atoms with Gasteiger partial charge in [-0.25, -0.2) is 4.98 Å². The number of aromatic nitrogens is 1. The minimum Gasteiger partial charge on any atom is -0.301 e. The van der Waals surface area contributed by atoms with Gasteiger partial charge >= 0.3 is 0 Å². The number of hydrogen-bond donors (Lipinski definition) is 1. The van der Waals surface area contributed by atoms with E-state index in [2.05, 4.69) is 39.2 Å². The van der Waals surface area contributed by atoms with Crippen molar-refractivity contribution in [3.8, 4) is 0 Å². The van der Waals surface area contributed by atoms with E-state index in [1.165, 1.54) is 16.9 Å². The largest absolute Gasteiger partial charge is 0.301 e. The molecule has 0 aliphatic rings. The van der Waals surface area contributed by atoms with E-state index in [0.29, 0.717) is 5.13 Å². The van der Waals surface area contributed by atoms with Gasteiger partial charge in [-0.1, -0.05) is 46.7 Å². The van der Waals surface area contributed by atoms with Crippen LogP contribution in [-0.4, -0.2) is 15.7 Å². The molecule has 1 amide bonds.